The molecular formula is C4H7F3O. The third-order valence-corrected chi connectivity index (χ3v) is 0.765. The summed E-state index contributed by atoms with van der Waals surface area (Å²) in [5, 5.41) is 8.07. The molecule has 0 radical (unpaired) electrons. The Morgan fingerprint density at radius 1 is 1.50 bits per heavy atom. The van der Waals surface area contributed by atoms with Crippen molar-refractivity contribution < 1.29 is 18.3 Å². The van der Waals surface area contributed by atoms with E-state index in [4.69, 9.17) is 5.11 Å². The zero-order valence-corrected chi connectivity index (χ0v) is 4.37. The zero-order chi connectivity index (χ0) is 6.78. The molecule has 0 heterocycles. The first-order valence-electron chi connectivity index (χ1n) is 2.23. The lowest BCUT2D eigenvalue weighted by molar-refractivity contribution is -0.204. The summed E-state index contributed by atoms with van der Waals surface area (Å²) >= 11 is 0. The molecule has 0 saturated heterocycles. The molecule has 0 aliphatic heterocycles. The molecule has 1 unspecified atom stereocenters. The lowest BCUT2D eigenvalue weighted by atomic mass is 10.3. The van der Waals surface area contributed by atoms with Crippen LogP contribution in [0.3, 0.4) is 0 Å². The van der Waals surface area contributed by atoms with Crippen LogP contribution in [0, 0.1) is 0 Å². The summed E-state index contributed by atoms with van der Waals surface area (Å²) in [6, 6.07) is 0. The number of hydrogen-bond acceptors (Lipinski definition) is 1. The van der Waals surface area contributed by atoms with Crippen molar-refractivity contribution in [1.29, 1.82) is 0 Å². The van der Waals surface area contributed by atoms with E-state index in [-0.39, 0.29) is 6.42 Å². The molecule has 1 nitrogen and oxygen atoms in total. The summed E-state index contributed by atoms with van der Waals surface area (Å²) in [6.07, 6.45) is -6.86. The van der Waals surface area contributed by atoms with Gasteiger partial charge in [0.25, 0.3) is 0 Å². The Morgan fingerprint density at radius 3 is 1.88 bits per heavy atom. The highest BCUT2D eigenvalue weighted by atomic mass is 19.4. The predicted octanol–water partition coefficient (Wildman–Crippen LogP) is 1.32. The number of aliphatic hydroxyl groups is 1. The topological polar surface area (TPSA) is 20.2 Å². The number of rotatable bonds is 1. The Bertz CT molecular complexity index is 68.2. The molecule has 0 saturated carbocycles. The molecule has 1 N–H and O–H groups in total. The van der Waals surface area contributed by atoms with Crippen molar-refractivity contribution in [2.75, 3.05) is 0 Å². The van der Waals surface area contributed by atoms with E-state index in [1.54, 1.807) is 0 Å². The molecule has 4 heteroatoms. The van der Waals surface area contributed by atoms with Gasteiger partial charge in [0.05, 0.1) is 0 Å². The van der Waals surface area contributed by atoms with Gasteiger partial charge in [0.15, 0.2) is 0 Å². The number of alkyl halides is 3. The van der Waals surface area contributed by atoms with E-state index in [1.807, 2.05) is 0 Å². The summed E-state index contributed by atoms with van der Waals surface area (Å²) in [5.74, 6) is 0. The van der Waals surface area contributed by atoms with Crippen LogP contribution in [-0.4, -0.2) is 17.4 Å². The van der Waals surface area contributed by atoms with Gasteiger partial charge < -0.3 is 5.11 Å². The molecule has 0 aromatic carbocycles. The smallest absolute Gasteiger partial charge is 0.384 e. The Balaban J connectivity index is 3.62. The molecule has 1 atom stereocenters. The Labute approximate surface area is 45.1 Å². The minimum Gasteiger partial charge on any atom is -0.384 e. The van der Waals surface area contributed by atoms with Crippen LogP contribution in [0.4, 0.5) is 13.2 Å². The van der Waals surface area contributed by atoms with E-state index in [0.29, 0.717) is 0 Å². The standard InChI is InChI=1S/C4H7F3O/c1-2-3(8)4(5,6)7/h3,8H,2H2,1H3. The second kappa shape index (κ2) is 2.35. The summed E-state index contributed by atoms with van der Waals surface area (Å²) in [4.78, 5) is 0. The average Bonchev–Trinajstić information content (AvgIpc) is 1.62. The van der Waals surface area contributed by atoms with Crippen molar-refractivity contribution >= 4 is 0 Å². The zero-order valence-electron chi connectivity index (χ0n) is 4.37. The molecule has 0 aromatic heterocycles. The summed E-state index contributed by atoms with van der Waals surface area (Å²) < 4.78 is 33.6. The van der Waals surface area contributed by atoms with Crippen molar-refractivity contribution in [1.82, 2.24) is 0 Å². The number of halogens is 3. The maximum atomic E-state index is 11.2. The van der Waals surface area contributed by atoms with Crippen molar-refractivity contribution in [2.24, 2.45) is 0 Å². The number of hydrogen-bond donors (Lipinski definition) is 1. The summed E-state index contributed by atoms with van der Waals surface area (Å²) in [7, 11) is 0. The van der Waals surface area contributed by atoms with Crippen LogP contribution in [0.2, 0.25) is 0 Å². The molecule has 0 bridgehead atoms. The average molecular weight is 128 g/mol. The molecule has 0 rings (SSSR count). The molecule has 8 heavy (non-hydrogen) atoms. The van der Waals surface area contributed by atoms with E-state index in [0.717, 1.165) is 0 Å². The van der Waals surface area contributed by atoms with Crippen molar-refractivity contribution in [3.8, 4) is 0 Å². The minimum absolute atomic E-state index is 0.274. The Kier molecular flexibility index (Phi) is 2.27. The van der Waals surface area contributed by atoms with Crippen LogP contribution in [0.1, 0.15) is 13.3 Å². The quantitative estimate of drug-likeness (QED) is 0.564. The lowest BCUT2D eigenvalue weighted by Crippen LogP contribution is -2.27. The molecule has 0 aromatic rings. The Hall–Kier alpha value is -0.250. The predicted molar refractivity (Wildman–Crippen MR) is 22.4 cm³/mol. The molecule has 0 aliphatic carbocycles. The number of aliphatic hydroxyl groups excluding tert-OH is 1. The van der Waals surface area contributed by atoms with Gasteiger partial charge >= 0.3 is 6.18 Å². The fourth-order valence-electron chi connectivity index (χ4n) is 0.231. The first-order chi connectivity index (χ1) is 3.48. The first-order valence-corrected chi connectivity index (χ1v) is 2.23. The SMILES string of the molecule is CCC(O)C(F)(F)F. The van der Waals surface area contributed by atoms with Gasteiger partial charge in [-0.15, -0.1) is 0 Å². The second-order valence-electron chi connectivity index (χ2n) is 1.47. The molecule has 0 spiro atoms. The third kappa shape index (κ3) is 2.16. The lowest BCUT2D eigenvalue weighted by Gasteiger charge is -2.10. The highest BCUT2D eigenvalue weighted by molar-refractivity contribution is 4.60. The minimum atomic E-state index is -4.44. The van der Waals surface area contributed by atoms with Crippen molar-refractivity contribution in [3.05, 3.63) is 0 Å². The Morgan fingerprint density at radius 2 is 1.88 bits per heavy atom. The maximum absolute atomic E-state index is 11.2. The van der Waals surface area contributed by atoms with Crippen LogP contribution in [0.25, 0.3) is 0 Å². The highest BCUT2D eigenvalue weighted by Crippen LogP contribution is 2.21. The molecule has 0 fully saturated rings. The van der Waals surface area contributed by atoms with E-state index in [9.17, 15) is 13.2 Å². The van der Waals surface area contributed by atoms with E-state index < -0.39 is 12.3 Å². The third-order valence-electron chi connectivity index (χ3n) is 0.765. The van der Waals surface area contributed by atoms with E-state index >= 15 is 0 Å². The van der Waals surface area contributed by atoms with Gasteiger partial charge in [0, 0.05) is 0 Å². The van der Waals surface area contributed by atoms with Gasteiger partial charge in [-0.25, -0.2) is 0 Å². The highest BCUT2D eigenvalue weighted by Gasteiger charge is 2.36. The van der Waals surface area contributed by atoms with Crippen LogP contribution in [-0.2, 0) is 0 Å². The fraction of sp³-hybridized carbons (Fsp3) is 1.00. The summed E-state index contributed by atoms with van der Waals surface area (Å²) in [6.45, 7) is 1.28. The van der Waals surface area contributed by atoms with E-state index in [2.05, 4.69) is 0 Å². The van der Waals surface area contributed by atoms with Gasteiger partial charge in [0.2, 0.25) is 0 Å². The van der Waals surface area contributed by atoms with Crippen LogP contribution in [0.5, 0.6) is 0 Å². The molecule has 50 valence electrons. The first kappa shape index (κ1) is 7.75. The monoisotopic (exact) mass is 128 g/mol. The largest absolute Gasteiger partial charge is 0.414 e. The van der Waals surface area contributed by atoms with Gasteiger partial charge in [-0.3, -0.25) is 0 Å². The van der Waals surface area contributed by atoms with Gasteiger partial charge in [-0.05, 0) is 6.42 Å². The van der Waals surface area contributed by atoms with Gasteiger partial charge in [0.1, 0.15) is 6.10 Å². The fourth-order valence-corrected chi connectivity index (χ4v) is 0.231. The molecule has 0 aliphatic rings. The maximum Gasteiger partial charge on any atom is 0.414 e. The van der Waals surface area contributed by atoms with E-state index in [1.165, 1.54) is 6.92 Å². The second-order valence-corrected chi connectivity index (χ2v) is 1.47. The van der Waals surface area contributed by atoms with Crippen LogP contribution >= 0.6 is 0 Å². The normalized spacial score (nSPS) is 16.1. The molecular weight excluding hydrogens is 121 g/mol. The van der Waals surface area contributed by atoms with Gasteiger partial charge in [-0.1, -0.05) is 6.92 Å². The van der Waals surface area contributed by atoms with Crippen molar-refractivity contribution in [2.45, 2.75) is 25.6 Å². The van der Waals surface area contributed by atoms with Gasteiger partial charge in [-0.2, -0.15) is 13.2 Å². The molecule has 0 amide bonds. The van der Waals surface area contributed by atoms with Crippen LogP contribution < -0.4 is 0 Å². The van der Waals surface area contributed by atoms with Crippen LogP contribution in [0.15, 0.2) is 0 Å². The van der Waals surface area contributed by atoms with Crippen molar-refractivity contribution in [3.63, 3.8) is 0 Å². The summed E-state index contributed by atoms with van der Waals surface area (Å²) in [5.41, 5.74) is 0.